The molecule has 0 unspecified atom stereocenters. The summed E-state index contributed by atoms with van der Waals surface area (Å²) in [6.45, 7) is 3.60. The highest BCUT2D eigenvalue weighted by atomic mass is 79.9. The highest BCUT2D eigenvalue weighted by molar-refractivity contribution is 9.10. The molecule has 8 heteroatoms. The van der Waals surface area contributed by atoms with Gasteiger partial charge in [-0.05, 0) is 59.6 Å². The number of carbonyl (C=O) groups is 1. The second-order valence-electron chi connectivity index (χ2n) is 5.55. The molecule has 6 nitrogen and oxygen atoms in total. The Bertz CT molecular complexity index is 971. The lowest BCUT2D eigenvalue weighted by Crippen LogP contribution is -2.18. The summed E-state index contributed by atoms with van der Waals surface area (Å²) >= 11 is 9.16. The van der Waals surface area contributed by atoms with Crippen LogP contribution >= 0.6 is 27.5 Å². The largest absolute Gasteiger partial charge is 0.464 e. The van der Waals surface area contributed by atoms with Crippen LogP contribution in [-0.2, 0) is 11.8 Å². The van der Waals surface area contributed by atoms with Gasteiger partial charge in [0.2, 0.25) is 5.88 Å². The van der Waals surface area contributed by atoms with Crippen molar-refractivity contribution in [2.24, 2.45) is 7.05 Å². The summed E-state index contributed by atoms with van der Waals surface area (Å²) in [6.07, 6.45) is 0. The molecule has 0 spiro atoms. The van der Waals surface area contributed by atoms with Gasteiger partial charge < -0.3 is 9.47 Å². The first-order chi connectivity index (χ1) is 11.8. The number of halogens is 2. The van der Waals surface area contributed by atoms with Crippen LogP contribution in [0.2, 0.25) is 5.02 Å². The van der Waals surface area contributed by atoms with Gasteiger partial charge in [0.25, 0.3) is 0 Å². The number of benzene rings is 1. The van der Waals surface area contributed by atoms with Gasteiger partial charge in [-0.2, -0.15) is 0 Å². The zero-order valence-corrected chi connectivity index (χ0v) is 16.2. The maximum Gasteiger partial charge on any atom is 0.349 e. The Morgan fingerprint density at radius 3 is 2.80 bits per heavy atom. The molecule has 2 aromatic heterocycles. The van der Waals surface area contributed by atoms with Crippen molar-refractivity contribution in [3.05, 3.63) is 45.0 Å². The Morgan fingerprint density at radius 1 is 1.32 bits per heavy atom. The van der Waals surface area contributed by atoms with Crippen LogP contribution in [0.25, 0.3) is 11.0 Å². The quantitative estimate of drug-likeness (QED) is 0.468. The molecule has 0 saturated carbocycles. The van der Waals surface area contributed by atoms with E-state index < -0.39 is 5.97 Å². The molecular weight excluding hydrogens is 410 g/mol. The molecule has 3 rings (SSSR count). The number of carbonyl (C=O) groups excluding carboxylic acids is 1. The van der Waals surface area contributed by atoms with Crippen LogP contribution in [0.4, 0.5) is 0 Å². The molecule has 130 valence electrons. The molecule has 0 bridgehead atoms. The zero-order chi connectivity index (χ0) is 18.1. The van der Waals surface area contributed by atoms with Crippen molar-refractivity contribution in [1.29, 1.82) is 0 Å². The standard InChI is InChI=1S/C17H15BrClN3O3/c1-9-6-10(2)20-16-15(9)17(21-22(16)3)24-8-14(23)25-13-5-4-11(19)7-12(13)18/h4-7H,8H2,1-3H3. The molecule has 0 amide bonds. The Labute approximate surface area is 157 Å². The van der Waals surface area contributed by atoms with Gasteiger partial charge >= 0.3 is 5.97 Å². The summed E-state index contributed by atoms with van der Waals surface area (Å²) in [5, 5.41) is 5.63. The number of ether oxygens (including phenoxy) is 2. The average molecular weight is 425 g/mol. The Kier molecular flexibility index (Phi) is 4.96. The van der Waals surface area contributed by atoms with Crippen molar-refractivity contribution < 1.29 is 14.3 Å². The summed E-state index contributed by atoms with van der Waals surface area (Å²) < 4.78 is 13.1. The highest BCUT2D eigenvalue weighted by Crippen LogP contribution is 2.29. The summed E-state index contributed by atoms with van der Waals surface area (Å²) in [6, 6.07) is 6.84. The first kappa shape index (κ1) is 17.7. The molecule has 0 atom stereocenters. The average Bonchev–Trinajstić information content (AvgIpc) is 2.84. The van der Waals surface area contributed by atoms with Gasteiger partial charge in [-0.25, -0.2) is 14.5 Å². The van der Waals surface area contributed by atoms with E-state index in [9.17, 15) is 4.79 Å². The first-order valence-electron chi connectivity index (χ1n) is 7.44. The molecule has 25 heavy (non-hydrogen) atoms. The zero-order valence-electron chi connectivity index (χ0n) is 13.8. The van der Waals surface area contributed by atoms with E-state index in [0.29, 0.717) is 26.8 Å². The Balaban J connectivity index is 1.75. The van der Waals surface area contributed by atoms with Gasteiger partial charge in [0.1, 0.15) is 5.75 Å². The van der Waals surface area contributed by atoms with Crippen LogP contribution in [0.15, 0.2) is 28.7 Å². The van der Waals surface area contributed by atoms with Crippen LogP contribution < -0.4 is 9.47 Å². The molecule has 0 fully saturated rings. The van der Waals surface area contributed by atoms with Gasteiger partial charge in [-0.15, -0.1) is 5.10 Å². The number of fused-ring (bicyclic) bond motifs is 1. The van der Waals surface area contributed by atoms with Gasteiger partial charge in [-0.1, -0.05) is 11.6 Å². The van der Waals surface area contributed by atoms with Gasteiger partial charge in [0.05, 0.1) is 9.86 Å². The van der Waals surface area contributed by atoms with Gasteiger partial charge in [0.15, 0.2) is 12.3 Å². The fourth-order valence-corrected chi connectivity index (χ4v) is 3.25. The number of pyridine rings is 1. The van der Waals surface area contributed by atoms with E-state index in [-0.39, 0.29) is 6.61 Å². The minimum atomic E-state index is -0.542. The maximum absolute atomic E-state index is 12.1. The van der Waals surface area contributed by atoms with Crippen molar-refractivity contribution in [3.63, 3.8) is 0 Å². The smallest absolute Gasteiger partial charge is 0.349 e. The third-order valence-electron chi connectivity index (χ3n) is 3.53. The molecular formula is C17H15BrClN3O3. The van der Waals surface area contributed by atoms with E-state index in [2.05, 4.69) is 26.0 Å². The molecule has 0 radical (unpaired) electrons. The minimum absolute atomic E-state index is 0.269. The number of hydrogen-bond acceptors (Lipinski definition) is 5. The van der Waals surface area contributed by atoms with Crippen molar-refractivity contribution in [3.8, 4) is 11.6 Å². The summed E-state index contributed by atoms with van der Waals surface area (Å²) in [4.78, 5) is 16.5. The van der Waals surface area contributed by atoms with Crippen molar-refractivity contribution in [2.75, 3.05) is 6.61 Å². The minimum Gasteiger partial charge on any atom is -0.464 e. The fourth-order valence-electron chi connectivity index (χ4n) is 2.49. The lowest BCUT2D eigenvalue weighted by atomic mass is 10.2. The molecule has 3 aromatic rings. The Morgan fingerprint density at radius 2 is 2.08 bits per heavy atom. The monoisotopic (exact) mass is 423 g/mol. The van der Waals surface area contributed by atoms with E-state index in [1.807, 2.05) is 19.9 Å². The van der Waals surface area contributed by atoms with Crippen LogP contribution in [0, 0.1) is 13.8 Å². The second kappa shape index (κ2) is 7.01. The summed E-state index contributed by atoms with van der Waals surface area (Å²) in [5.74, 6) is 0.187. The molecule has 0 saturated heterocycles. The van der Waals surface area contributed by atoms with E-state index in [0.717, 1.165) is 16.6 Å². The third kappa shape index (κ3) is 3.77. The predicted molar refractivity (Wildman–Crippen MR) is 98.3 cm³/mol. The number of rotatable bonds is 4. The number of hydrogen-bond donors (Lipinski definition) is 0. The molecule has 0 aliphatic carbocycles. The molecule has 0 aliphatic rings. The molecule has 1 aromatic carbocycles. The van der Waals surface area contributed by atoms with Crippen LogP contribution in [0.5, 0.6) is 11.6 Å². The van der Waals surface area contributed by atoms with E-state index in [1.165, 1.54) is 0 Å². The second-order valence-corrected chi connectivity index (χ2v) is 6.84. The van der Waals surface area contributed by atoms with Crippen LogP contribution in [-0.4, -0.2) is 27.3 Å². The lowest BCUT2D eigenvalue weighted by molar-refractivity contribution is -0.136. The lowest BCUT2D eigenvalue weighted by Gasteiger charge is -2.07. The van der Waals surface area contributed by atoms with Gasteiger partial charge in [-0.3, -0.25) is 0 Å². The highest BCUT2D eigenvalue weighted by Gasteiger charge is 2.16. The third-order valence-corrected chi connectivity index (χ3v) is 4.39. The first-order valence-corrected chi connectivity index (χ1v) is 8.61. The van der Waals surface area contributed by atoms with Crippen LogP contribution in [0.1, 0.15) is 11.3 Å². The topological polar surface area (TPSA) is 66.2 Å². The number of esters is 1. The number of nitrogens with zero attached hydrogens (tertiary/aromatic N) is 3. The number of aromatic nitrogens is 3. The normalized spacial score (nSPS) is 10.9. The van der Waals surface area contributed by atoms with E-state index >= 15 is 0 Å². The number of aryl methyl sites for hydroxylation is 3. The molecule has 0 aliphatic heterocycles. The Hall–Kier alpha value is -2.12. The maximum atomic E-state index is 12.1. The van der Waals surface area contributed by atoms with E-state index in [1.54, 1.807) is 29.9 Å². The fraction of sp³-hybridized carbons (Fsp3) is 0.235. The summed E-state index contributed by atoms with van der Waals surface area (Å²) in [5.41, 5.74) is 2.59. The van der Waals surface area contributed by atoms with Crippen LogP contribution in [0.3, 0.4) is 0 Å². The van der Waals surface area contributed by atoms with Gasteiger partial charge in [0, 0.05) is 17.8 Å². The van der Waals surface area contributed by atoms with Crippen molar-refractivity contribution in [2.45, 2.75) is 13.8 Å². The van der Waals surface area contributed by atoms with Crippen molar-refractivity contribution >= 4 is 44.5 Å². The SMILES string of the molecule is Cc1cc(C)c2c(OCC(=O)Oc3ccc(Cl)cc3Br)nn(C)c2n1. The molecule has 2 heterocycles. The van der Waals surface area contributed by atoms with E-state index in [4.69, 9.17) is 21.1 Å². The molecule has 0 N–H and O–H groups in total. The van der Waals surface area contributed by atoms with Crippen molar-refractivity contribution in [1.82, 2.24) is 14.8 Å². The summed E-state index contributed by atoms with van der Waals surface area (Å²) in [7, 11) is 1.78. The predicted octanol–water partition coefficient (Wildman–Crippen LogP) is 3.99.